The van der Waals surface area contributed by atoms with Gasteiger partial charge in [-0.15, -0.1) is 0 Å². The average Bonchev–Trinajstić information content (AvgIpc) is 2.51. The smallest absolute Gasteiger partial charge is 0.310 e. The number of hydrogen-bond acceptors (Lipinski definition) is 3. The van der Waals surface area contributed by atoms with Gasteiger partial charge < -0.3 is 10.1 Å². The Balaban J connectivity index is 1.83. The zero-order valence-corrected chi connectivity index (χ0v) is 13.7. The number of rotatable bonds is 5. The predicted molar refractivity (Wildman–Crippen MR) is 90.4 cm³/mol. The van der Waals surface area contributed by atoms with Gasteiger partial charge >= 0.3 is 5.97 Å². The van der Waals surface area contributed by atoms with Crippen LogP contribution in [0.2, 0.25) is 0 Å². The summed E-state index contributed by atoms with van der Waals surface area (Å²) in [5, 5.41) is 2.76. The number of nitrogens with one attached hydrogen (secondary N) is 1. The highest BCUT2D eigenvalue weighted by atomic mass is 16.5. The Bertz CT molecular complexity index is 705. The minimum absolute atomic E-state index is 0.164. The van der Waals surface area contributed by atoms with Crippen LogP contribution in [0.3, 0.4) is 0 Å². The zero-order valence-electron chi connectivity index (χ0n) is 13.7. The molecule has 0 atom stereocenters. The van der Waals surface area contributed by atoms with Crippen molar-refractivity contribution in [2.45, 2.75) is 27.2 Å². The van der Waals surface area contributed by atoms with Crippen LogP contribution >= 0.6 is 0 Å². The molecule has 2 rings (SSSR count). The molecule has 0 bridgehead atoms. The lowest BCUT2D eigenvalue weighted by atomic mass is 10.1. The third-order valence-electron chi connectivity index (χ3n) is 3.50. The molecule has 2 aromatic rings. The fraction of sp³-hybridized carbons (Fsp3) is 0.263. The summed E-state index contributed by atoms with van der Waals surface area (Å²) in [5.74, 6) is -0.749. The second-order valence-electron chi connectivity index (χ2n) is 5.69. The van der Waals surface area contributed by atoms with E-state index in [1.807, 2.05) is 63.2 Å². The second-order valence-corrected chi connectivity index (χ2v) is 5.69. The summed E-state index contributed by atoms with van der Waals surface area (Å²) < 4.78 is 5.03. The fourth-order valence-electron chi connectivity index (χ4n) is 2.13. The van der Waals surface area contributed by atoms with Crippen molar-refractivity contribution in [1.82, 2.24) is 0 Å². The number of anilines is 1. The minimum atomic E-state index is -0.412. The Labute approximate surface area is 136 Å². The summed E-state index contributed by atoms with van der Waals surface area (Å²) in [7, 11) is 0. The molecule has 0 fully saturated rings. The number of carbonyl (C=O) groups excluding carboxylic acids is 2. The molecule has 0 aliphatic carbocycles. The normalized spacial score (nSPS) is 10.2. The van der Waals surface area contributed by atoms with E-state index in [-0.39, 0.29) is 18.9 Å². The maximum absolute atomic E-state index is 11.9. The molecule has 0 aromatic heterocycles. The molecule has 4 heteroatoms. The Hall–Kier alpha value is -2.62. The summed E-state index contributed by atoms with van der Waals surface area (Å²) in [6.45, 7) is 5.58. The first-order chi connectivity index (χ1) is 10.9. The first-order valence-electron chi connectivity index (χ1n) is 7.52. The highest BCUT2D eigenvalue weighted by Crippen LogP contribution is 2.16. The molecule has 0 heterocycles. The van der Waals surface area contributed by atoms with Gasteiger partial charge in [-0.3, -0.25) is 9.59 Å². The van der Waals surface area contributed by atoms with E-state index in [0.29, 0.717) is 0 Å². The van der Waals surface area contributed by atoms with Crippen LogP contribution in [-0.2, 0) is 20.7 Å². The van der Waals surface area contributed by atoms with Gasteiger partial charge in [0.15, 0.2) is 6.61 Å². The molecule has 0 aliphatic rings. The van der Waals surface area contributed by atoms with Crippen molar-refractivity contribution >= 4 is 17.6 Å². The van der Waals surface area contributed by atoms with Crippen molar-refractivity contribution in [2.24, 2.45) is 0 Å². The van der Waals surface area contributed by atoms with Crippen LogP contribution in [0.4, 0.5) is 5.69 Å². The molecule has 23 heavy (non-hydrogen) atoms. The molecular formula is C19H21NO3. The van der Waals surface area contributed by atoms with Crippen molar-refractivity contribution in [1.29, 1.82) is 0 Å². The number of ether oxygens (including phenoxy) is 1. The number of esters is 1. The Morgan fingerprint density at radius 3 is 2.30 bits per heavy atom. The van der Waals surface area contributed by atoms with Crippen LogP contribution in [-0.4, -0.2) is 18.5 Å². The molecule has 120 valence electrons. The summed E-state index contributed by atoms with van der Waals surface area (Å²) in [6, 6.07) is 13.5. The van der Waals surface area contributed by atoms with Crippen LogP contribution in [0, 0.1) is 20.8 Å². The van der Waals surface area contributed by atoms with E-state index in [1.54, 1.807) is 0 Å². The van der Waals surface area contributed by atoms with E-state index in [1.165, 1.54) is 0 Å². The predicted octanol–water partition coefficient (Wildman–Crippen LogP) is 3.34. The van der Waals surface area contributed by atoms with Gasteiger partial charge in [-0.05, 0) is 43.5 Å². The maximum Gasteiger partial charge on any atom is 0.310 e. The topological polar surface area (TPSA) is 55.4 Å². The van der Waals surface area contributed by atoms with E-state index in [4.69, 9.17) is 4.74 Å². The molecule has 0 saturated heterocycles. The minimum Gasteiger partial charge on any atom is -0.455 e. The lowest BCUT2D eigenvalue weighted by Gasteiger charge is -2.10. The third-order valence-corrected chi connectivity index (χ3v) is 3.50. The largest absolute Gasteiger partial charge is 0.455 e. The summed E-state index contributed by atoms with van der Waals surface area (Å²) in [6.07, 6.45) is 0.164. The average molecular weight is 311 g/mol. The third kappa shape index (κ3) is 5.25. The van der Waals surface area contributed by atoms with Crippen molar-refractivity contribution in [3.8, 4) is 0 Å². The van der Waals surface area contributed by atoms with Crippen molar-refractivity contribution in [2.75, 3.05) is 11.9 Å². The molecule has 1 amide bonds. The number of hydrogen-bond donors (Lipinski definition) is 1. The molecular weight excluding hydrogens is 290 g/mol. The van der Waals surface area contributed by atoms with Gasteiger partial charge in [0.25, 0.3) is 5.91 Å². The lowest BCUT2D eigenvalue weighted by molar-refractivity contribution is -0.146. The summed E-state index contributed by atoms with van der Waals surface area (Å²) in [4.78, 5) is 23.7. The van der Waals surface area contributed by atoms with Crippen molar-refractivity contribution in [3.05, 3.63) is 64.7 Å². The Morgan fingerprint density at radius 2 is 1.61 bits per heavy atom. The molecule has 1 N–H and O–H groups in total. The summed E-state index contributed by atoms with van der Waals surface area (Å²) in [5.41, 5.74) is 4.77. The molecule has 2 aromatic carbocycles. The standard InChI is InChI=1S/C19H21NO3/c1-13-5-8-16(9-6-13)11-19(22)23-12-18(21)20-17-10-14(2)4-7-15(17)3/h4-10H,11-12H2,1-3H3,(H,20,21). The number of benzene rings is 2. The van der Waals surface area contributed by atoms with Gasteiger partial charge in [-0.1, -0.05) is 42.0 Å². The zero-order chi connectivity index (χ0) is 16.8. The SMILES string of the molecule is Cc1ccc(CC(=O)OCC(=O)Nc2cc(C)ccc2C)cc1. The first kappa shape index (κ1) is 16.7. The van der Waals surface area contributed by atoms with Crippen LogP contribution in [0.1, 0.15) is 22.3 Å². The van der Waals surface area contributed by atoms with Gasteiger partial charge in [0.1, 0.15) is 0 Å². The monoisotopic (exact) mass is 311 g/mol. The second kappa shape index (κ2) is 7.58. The van der Waals surface area contributed by atoms with Crippen LogP contribution < -0.4 is 5.32 Å². The Kier molecular flexibility index (Phi) is 5.52. The summed E-state index contributed by atoms with van der Waals surface area (Å²) >= 11 is 0. The van der Waals surface area contributed by atoms with E-state index in [0.717, 1.165) is 27.9 Å². The maximum atomic E-state index is 11.9. The highest BCUT2D eigenvalue weighted by Gasteiger charge is 2.10. The van der Waals surface area contributed by atoms with Gasteiger partial charge in [-0.2, -0.15) is 0 Å². The molecule has 0 unspecified atom stereocenters. The molecule has 0 saturated carbocycles. The lowest BCUT2D eigenvalue weighted by Crippen LogP contribution is -2.22. The number of aryl methyl sites for hydroxylation is 3. The quantitative estimate of drug-likeness (QED) is 0.862. The molecule has 4 nitrogen and oxygen atoms in total. The highest BCUT2D eigenvalue weighted by molar-refractivity contribution is 5.93. The van der Waals surface area contributed by atoms with E-state index < -0.39 is 5.97 Å². The van der Waals surface area contributed by atoms with Gasteiger partial charge in [0.2, 0.25) is 0 Å². The van der Waals surface area contributed by atoms with Crippen LogP contribution in [0.25, 0.3) is 0 Å². The first-order valence-corrected chi connectivity index (χ1v) is 7.52. The molecule has 0 aliphatic heterocycles. The van der Waals surface area contributed by atoms with Gasteiger partial charge in [0, 0.05) is 5.69 Å². The van der Waals surface area contributed by atoms with Crippen LogP contribution in [0.5, 0.6) is 0 Å². The number of amides is 1. The fourth-order valence-corrected chi connectivity index (χ4v) is 2.13. The molecule has 0 radical (unpaired) electrons. The van der Waals surface area contributed by atoms with Crippen LogP contribution in [0.15, 0.2) is 42.5 Å². The van der Waals surface area contributed by atoms with Gasteiger partial charge in [0.05, 0.1) is 6.42 Å². The molecule has 0 spiro atoms. The number of carbonyl (C=O) groups is 2. The van der Waals surface area contributed by atoms with E-state index >= 15 is 0 Å². The van der Waals surface area contributed by atoms with Crippen molar-refractivity contribution in [3.63, 3.8) is 0 Å². The van der Waals surface area contributed by atoms with E-state index in [9.17, 15) is 9.59 Å². The van der Waals surface area contributed by atoms with Crippen molar-refractivity contribution < 1.29 is 14.3 Å². The van der Waals surface area contributed by atoms with Gasteiger partial charge in [-0.25, -0.2) is 0 Å². The van der Waals surface area contributed by atoms with E-state index in [2.05, 4.69) is 5.32 Å². The Morgan fingerprint density at radius 1 is 0.957 bits per heavy atom.